The lowest BCUT2D eigenvalue weighted by Crippen LogP contribution is -2.20. The van der Waals surface area contributed by atoms with E-state index in [-0.39, 0.29) is 18.2 Å². The van der Waals surface area contributed by atoms with Gasteiger partial charge in [0.05, 0.1) is 0 Å². The number of carbonyl (C=O) groups is 1. The summed E-state index contributed by atoms with van der Waals surface area (Å²) in [6.07, 6.45) is 0. The highest BCUT2D eigenvalue weighted by Gasteiger charge is 2.12. The van der Waals surface area contributed by atoms with Gasteiger partial charge in [-0.15, -0.1) is 5.10 Å². The number of benzene rings is 3. The number of halogens is 1. The topological polar surface area (TPSA) is 91.2 Å². The van der Waals surface area contributed by atoms with Crippen LogP contribution < -0.4 is 14.8 Å². The summed E-state index contributed by atoms with van der Waals surface area (Å²) in [6, 6.07) is 21.0. The van der Waals surface area contributed by atoms with Gasteiger partial charge in [0, 0.05) is 5.69 Å². The van der Waals surface area contributed by atoms with E-state index in [0.29, 0.717) is 29.6 Å². The van der Waals surface area contributed by atoms with Crippen molar-refractivity contribution >= 4 is 11.6 Å². The number of carbonyl (C=O) groups excluding carboxylic acids is 1. The molecule has 0 saturated heterocycles. The van der Waals surface area contributed by atoms with Crippen LogP contribution in [-0.2, 0) is 11.4 Å². The Kier molecular flexibility index (Phi) is 6.35. The fourth-order valence-corrected chi connectivity index (χ4v) is 2.93. The molecule has 3 aromatic carbocycles. The van der Waals surface area contributed by atoms with Crippen molar-refractivity contribution in [3.63, 3.8) is 0 Å². The lowest BCUT2D eigenvalue weighted by Gasteiger charge is -2.10. The number of tetrazole rings is 1. The maximum absolute atomic E-state index is 14.1. The molecule has 0 fully saturated rings. The van der Waals surface area contributed by atoms with E-state index < -0.39 is 5.82 Å². The minimum absolute atomic E-state index is 0.136. The Labute approximate surface area is 183 Å². The highest BCUT2D eigenvalue weighted by atomic mass is 19.1. The number of rotatable bonds is 8. The molecular formula is C23H20FN5O3. The van der Waals surface area contributed by atoms with Crippen LogP contribution in [0.1, 0.15) is 11.4 Å². The van der Waals surface area contributed by atoms with Crippen molar-refractivity contribution in [2.24, 2.45) is 0 Å². The average Bonchev–Trinajstić information content (AvgIpc) is 3.24. The molecule has 9 heteroatoms. The zero-order valence-corrected chi connectivity index (χ0v) is 17.2. The van der Waals surface area contributed by atoms with Gasteiger partial charge in [-0.2, -0.15) is 4.68 Å². The monoisotopic (exact) mass is 433 g/mol. The second-order valence-electron chi connectivity index (χ2n) is 6.89. The molecule has 4 rings (SSSR count). The summed E-state index contributed by atoms with van der Waals surface area (Å²) in [5.74, 6) is 0.746. The van der Waals surface area contributed by atoms with Gasteiger partial charge in [0.25, 0.3) is 5.91 Å². The lowest BCUT2D eigenvalue weighted by atomic mass is 10.2. The van der Waals surface area contributed by atoms with E-state index in [9.17, 15) is 9.18 Å². The molecule has 1 aromatic heterocycles. The van der Waals surface area contributed by atoms with Crippen LogP contribution in [0.3, 0.4) is 0 Å². The molecule has 1 heterocycles. The Bertz CT molecular complexity index is 1200. The maximum Gasteiger partial charge on any atom is 0.262 e. The Morgan fingerprint density at radius 3 is 2.41 bits per heavy atom. The Morgan fingerprint density at radius 2 is 1.72 bits per heavy atom. The molecule has 32 heavy (non-hydrogen) atoms. The van der Waals surface area contributed by atoms with E-state index >= 15 is 0 Å². The first-order valence-corrected chi connectivity index (χ1v) is 9.83. The molecular weight excluding hydrogens is 413 g/mol. The van der Waals surface area contributed by atoms with Crippen molar-refractivity contribution in [3.8, 4) is 17.2 Å². The van der Waals surface area contributed by atoms with Gasteiger partial charge in [-0.1, -0.05) is 30.3 Å². The molecule has 0 radical (unpaired) electrons. The van der Waals surface area contributed by atoms with Crippen molar-refractivity contribution in [1.29, 1.82) is 0 Å². The fourth-order valence-electron chi connectivity index (χ4n) is 2.93. The van der Waals surface area contributed by atoms with Gasteiger partial charge in [-0.25, -0.2) is 4.39 Å². The van der Waals surface area contributed by atoms with Gasteiger partial charge in [0.2, 0.25) is 0 Å². The van der Waals surface area contributed by atoms with Crippen molar-refractivity contribution in [2.45, 2.75) is 13.5 Å². The zero-order chi connectivity index (χ0) is 22.3. The minimum atomic E-state index is -0.510. The van der Waals surface area contributed by atoms with E-state index in [2.05, 4.69) is 20.8 Å². The molecule has 0 aliphatic carbocycles. The van der Waals surface area contributed by atoms with E-state index in [1.807, 2.05) is 30.3 Å². The Hall–Kier alpha value is -4.27. The van der Waals surface area contributed by atoms with Crippen molar-refractivity contribution in [1.82, 2.24) is 20.2 Å². The van der Waals surface area contributed by atoms with E-state index in [1.54, 1.807) is 31.2 Å². The number of anilines is 1. The summed E-state index contributed by atoms with van der Waals surface area (Å²) in [7, 11) is 0. The number of nitrogens with one attached hydrogen (secondary N) is 1. The van der Waals surface area contributed by atoms with Gasteiger partial charge in [-0.3, -0.25) is 4.79 Å². The smallest absolute Gasteiger partial charge is 0.262 e. The van der Waals surface area contributed by atoms with Crippen LogP contribution in [0.5, 0.6) is 11.5 Å². The molecule has 1 amide bonds. The fraction of sp³-hybridized carbons (Fsp3) is 0.130. The van der Waals surface area contributed by atoms with Crippen molar-refractivity contribution < 1.29 is 18.7 Å². The summed E-state index contributed by atoms with van der Waals surface area (Å²) in [4.78, 5) is 12.3. The Morgan fingerprint density at radius 1 is 1.00 bits per heavy atom. The lowest BCUT2D eigenvalue weighted by molar-refractivity contribution is -0.118. The highest BCUT2D eigenvalue weighted by molar-refractivity contribution is 5.92. The standard InChI is InChI=1S/C23H20FN5O3/c1-16-26-27-28-29(16)22-13-18(7-12-21(22)24)25-23(30)15-32-20-10-8-19(9-11-20)31-14-17-5-3-2-4-6-17/h2-13H,14-15H2,1H3,(H,25,30). The summed E-state index contributed by atoms with van der Waals surface area (Å²) in [6.45, 7) is 1.91. The number of ether oxygens (including phenoxy) is 2. The first-order valence-electron chi connectivity index (χ1n) is 9.83. The second-order valence-corrected chi connectivity index (χ2v) is 6.89. The SMILES string of the molecule is Cc1nnnn1-c1cc(NC(=O)COc2ccc(OCc3ccccc3)cc2)ccc1F. The average molecular weight is 433 g/mol. The van der Waals surface area contributed by atoms with Crippen LogP contribution in [0.25, 0.3) is 5.69 Å². The summed E-state index contributed by atoms with van der Waals surface area (Å²) in [5.41, 5.74) is 1.61. The highest BCUT2D eigenvalue weighted by Crippen LogP contribution is 2.20. The quantitative estimate of drug-likeness (QED) is 0.456. The summed E-state index contributed by atoms with van der Waals surface area (Å²) in [5, 5.41) is 13.7. The van der Waals surface area contributed by atoms with E-state index in [1.165, 1.54) is 22.9 Å². The third kappa shape index (κ3) is 5.25. The number of hydrogen-bond donors (Lipinski definition) is 1. The van der Waals surface area contributed by atoms with Crippen molar-refractivity contribution in [2.75, 3.05) is 11.9 Å². The first-order chi connectivity index (χ1) is 15.6. The van der Waals surface area contributed by atoms with Gasteiger partial charge < -0.3 is 14.8 Å². The number of aryl methyl sites for hydroxylation is 1. The van der Waals surface area contributed by atoms with Gasteiger partial charge in [-0.05, 0) is 65.4 Å². The van der Waals surface area contributed by atoms with Gasteiger partial charge in [0.15, 0.2) is 12.4 Å². The molecule has 162 valence electrons. The second kappa shape index (κ2) is 9.69. The molecule has 0 spiro atoms. The zero-order valence-electron chi connectivity index (χ0n) is 17.2. The van der Waals surface area contributed by atoms with Crippen LogP contribution in [-0.4, -0.2) is 32.7 Å². The first kappa shape index (κ1) is 21.0. The van der Waals surface area contributed by atoms with E-state index in [0.717, 1.165) is 5.56 Å². The molecule has 1 N–H and O–H groups in total. The largest absolute Gasteiger partial charge is 0.489 e. The molecule has 0 saturated carbocycles. The predicted molar refractivity (Wildman–Crippen MR) is 115 cm³/mol. The van der Waals surface area contributed by atoms with Crippen LogP contribution in [0.4, 0.5) is 10.1 Å². The van der Waals surface area contributed by atoms with Gasteiger partial charge >= 0.3 is 0 Å². The molecule has 0 aliphatic heterocycles. The number of aromatic nitrogens is 4. The molecule has 0 unspecified atom stereocenters. The normalized spacial score (nSPS) is 10.6. The summed E-state index contributed by atoms with van der Waals surface area (Å²) < 4.78 is 26.6. The number of nitrogens with zero attached hydrogens (tertiary/aromatic N) is 4. The minimum Gasteiger partial charge on any atom is -0.489 e. The van der Waals surface area contributed by atoms with E-state index in [4.69, 9.17) is 9.47 Å². The van der Waals surface area contributed by atoms with Crippen LogP contribution in [0.2, 0.25) is 0 Å². The molecule has 0 atom stereocenters. The third-order valence-corrected chi connectivity index (χ3v) is 4.53. The molecule has 0 aliphatic rings. The molecule has 0 bridgehead atoms. The number of amides is 1. The van der Waals surface area contributed by atoms with Crippen molar-refractivity contribution in [3.05, 3.63) is 90.0 Å². The maximum atomic E-state index is 14.1. The third-order valence-electron chi connectivity index (χ3n) is 4.53. The number of hydrogen-bond acceptors (Lipinski definition) is 6. The molecule has 8 nitrogen and oxygen atoms in total. The van der Waals surface area contributed by atoms with Gasteiger partial charge in [0.1, 0.15) is 29.6 Å². The summed E-state index contributed by atoms with van der Waals surface area (Å²) >= 11 is 0. The Balaban J connectivity index is 1.30. The predicted octanol–water partition coefficient (Wildman–Crippen LogP) is 3.71. The molecule has 4 aromatic rings. The van der Waals surface area contributed by atoms with Crippen LogP contribution >= 0.6 is 0 Å². The van der Waals surface area contributed by atoms with Crippen LogP contribution in [0.15, 0.2) is 72.8 Å². The van der Waals surface area contributed by atoms with Crippen LogP contribution in [0, 0.1) is 12.7 Å².